The maximum absolute atomic E-state index is 10.1. The molecule has 0 aliphatic carbocycles. The predicted molar refractivity (Wildman–Crippen MR) is 72.0 cm³/mol. The van der Waals surface area contributed by atoms with E-state index in [4.69, 9.17) is 4.74 Å². The Morgan fingerprint density at radius 1 is 1.29 bits per heavy atom. The van der Waals surface area contributed by atoms with Crippen molar-refractivity contribution in [1.29, 1.82) is 0 Å². The van der Waals surface area contributed by atoms with Gasteiger partial charge in [-0.3, -0.25) is 0 Å². The molecule has 1 N–H and O–H groups in total. The van der Waals surface area contributed by atoms with E-state index < -0.39 is 5.60 Å². The van der Waals surface area contributed by atoms with Gasteiger partial charge in [0.05, 0.1) is 12.2 Å². The highest BCUT2D eigenvalue weighted by atomic mass is 16.6. The Morgan fingerprint density at radius 3 is 2.47 bits per heavy atom. The number of hydrogen-bond acceptors (Lipinski definition) is 2. The minimum Gasteiger partial charge on any atom is -0.387 e. The molecule has 1 rings (SSSR count). The van der Waals surface area contributed by atoms with Crippen LogP contribution in [0.5, 0.6) is 0 Å². The highest BCUT2D eigenvalue weighted by Crippen LogP contribution is 2.28. The van der Waals surface area contributed by atoms with Gasteiger partial charge in [0.15, 0.2) is 0 Å². The number of aliphatic hydroxyl groups is 1. The second kappa shape index (κ2) is 6.36. The summed E-state index contributed by atoms with van der Waals surface area (Å²) in [4.78, 5) is 0. The van der Waals surface area contributed by atoms with Crippen LogP contribution in [0.2, 0.25) is 0 Å². The van der Waals surface area contributed by atoms with Crippen molar-refractivity contribution in [2.45, 2.75) is 65.1 Å². The number of hydrogen-bond donors (Lipinski definition) is 1. The summed E-state index contributed by atoms with van der Waals surface area (Å²) in [5.74, 6) is 0. The molecule has 2 heteroatoms. The van der Waals surface area contributed by atoms with Crippen LogP contribution >= 0.6 is 0 Å². The van der Waals surface area contributed by atoms with Gasteiger partial charge in [-0.1, -0.05) is 23.3 Å². The maximum Gasteiger partial charge on any atom is 0.109 e. The fourth-order valence-corrected chi connectivity index (χ4v) is 1.87. The maximum atomic E-state index is 10.1. The van der Waals surface area contributed by atoms with Gasteiger partial charge < -0.3 is 9.84 Å². The molecular weight excluding hydrogens is 212 g/mol. The van der Waals surface area contributed by atoms with Crippen LogP contribution in [0.15, 0.2) is 23.3 Å². The smallest absolute Gasteiger partial charge is 0.109 e. The van der Waals surface area contributed by atoms with Gasteiger partial charge >= 0.3 is 0 Å². The first-order valence-electron chi connectivity index (χ1n) is 6.55. The third-order valence-electron chi connectivity index (χ3n) is 3.26. The highest BCUT2D eigenvalue weighted by molar-refractivity contribution is 5.03. The van der Waals surface area contributed by atoms with Crippen LogP contribution < -0.4 is 0 Å². The van der Waals surface area contributed by atoms with Gasteiger partial charge in [0.1, 0.15) is 6.10 Å². The Kier molecular flexibility index (Phi) is 5.41. The van der Waals surface area contributed by atoms with E-state index in [0.717, 1.165) is 32.3 Å². The monoisotopic (exact) mass is 238 g/mol. The Balaban J connectivity index is 2.21. The van der Waals surface area contributed by atoms with Crippen LogP contribution in [0.25, 0.3) is 0 Å². The SMILES string of the molecule is CC(C)=CCCC(C)=CCCC(C)(O)C1CO1. The summed E-state index contributed by atoms with van der Waals surface area (Å²) in [6, 6.07) is 0. The fraction of sp³-hybridized carbons (Fsp3) is 0.733. The molecule has 1 fully saturated rings. The lowest BCUT2D eigenvalue weighted by atomic mass is 9.95. The third-order valence-corrected chi connectivity index (χ3v) is 3.26. The van der Waals surface area contributed by atoms with E-state index in [1.54, 1.807) is 0 Å². The number of rotatable bonds is 7. The van der Waals surface area contributed by atoms with E-state index in [2.05, 4.69) is 32.9 Å². The van der Waals surface area contributed by atoms with Gasteiger partial charge in [0.25, 0.3) is 0 Å². The minimum atomic E-state index is -0.642. The lowest BCUT2D eigenvalue weighted by molar-refractivity contribution is 0.0225. The molecule has 2 unspecified atom stereocenters. The molecule has 1 aliphatic heterocycles. The molecule has 1 saturated heterocycles. The topological polar surface area (TPSA) is 32.8 Å². The summed E-state index contributed by atoms with van der Waals surface area (Å²) in [5, 5.41) is 10.1. The van der Waals surface area contributed by atoms with E-state index in [1.165, 1.54) is 11.1 Å². The van der Waals surface area contributed by atoms with Crippen molar-refractivity contribution in [1.82, 2.24) is 0 Å². The van der Waals surface area contributed by atoms with Gasteiger partial charge in [-0.15, -0.1) is 0 Å². The van der Waals surface area contributed by atoms with Crippen molar-refractivity contribution >= 4 is 0 Å². The summed E-state index contributed by atoms with van der Waals surface area (Å²) in [7, 11) is 0. The van der Waals surface area contributed by atoms with Crippen molar-refractivity contribution in [3.05, 3.63) is 23.3 Å². The molecule has 0 saturated carbocycles. The van der Waals surface area contributed by atoms with Crippen molar-refractivity contribution in [2.75, 3.05) is 6.61 Å². The number of ether oxygens (including phenoxy) is 1. The van der Waals surface area contributed by atoms with E-state index >= 15 is 0 Å². The summed E-state index contributed by atoms with van der Waals surface area (Å²) in [6.45, 7) is 9.02. The lowest BCUT2D eigenvalue weighted by Gasteiger charge is -2.19. The van der Waals surface area contributed by atoms with E-state index in [9.17, 15) is 5.11 Å². The predicted octanol–water partition coefficient (Wildman–Crippen LogP) is 3.61. The standard InChI is InChI=1S/C15H26O2/c1-12(2)7-5-8-13(3)9-6-10-15(4,16)14-11-17-14/h7,9,14,16H,5-6,8,10-11H2,1-4H3. The Morgan fingerprint density at radius 2 is 1.94 bits per heavy atom. The fourth-order valence-electron chi connectivity index (χ4n) is 1.87. The first kappa shape index (κ1) is 14.5. The normalized spacial score (nSPS) is 23.1. The minimum absolute atomic E-state index is 0.0712. The Labute approximate surface area is 105 Å². The second-order valence-corrected chi connectivity index (χ2v) is 5.59. The summed E-state index contributed by atoms with van der Waals surface area (Å²) >= 11 is 0. The molecular formula is C15H26O2. The quantitative estimate of drug-likeness (QED) is 0.543. The molecule has 0 radical (unpaired) electrons. The molecule has 0 bridgehead atoms. The zero-order chi connectivity index (χ0) is 12.9. The van der Waals surface area contributed by atoms with Crippen LogP contribution in [-0.4, -0.2) is 23.4 Å². The van der Waals surface area contributed by atoms with Crippen molar-refractivity contribution in [3.63, 3.8) is 0 Å². The van der Waals surface area contributed by atoms with Crippen LogP contribution in [0, 0.1) is 0 Å². The summed E-state index contributed by atoms with van der Waals surface area (Å²) < 4.78 is 5.14. The van der Waals surface area contributed by atoms with Crippen LogP contribution in [-0.2, 0) is 4.74 Å². The third kappa shape index (κ3) is 6.04. The largest absolute Gasteiger partial charge is 0.387 e. The second-order valence-electron chi connectivity index (χ2n) is 5.59. The van der Waals surface area contributed by atoms with E-state index in [1.807, 2.05) is 6.92 Å². The molecule has 0 spiro atoms. The molecule has 0 amide bonds. The van der Waals surface area contributed by atoms with Gasteiger partial charge in [-0.05, 0) is 53.4 Å². The molecule has 1 aliphatic rings. The van der Waals surface area contributed by atoms with Crippen LogP contribution in [0.3, 0.4) is 0 Å². The highest BCUT2D eigenvalue weighted by Gasteiger charge is 2.40. The molecule has 0 aromatic carbocycles. The Bertz CT molecular complexity index is 292. The van der Waals surface area contributed by atoms with E-state index in [0.29, 0.717) is 0 Å². The molecule has 17 heavy (non-hydrogen) atoms. The molecule has 2 nitrogen and oxygen atoms in total. The van der Waals surface area contributed by atoms with Crippen molar-refractivity contribution in [3.8, 4) is 0 Å². The molecule has 0 aromatic rings. The zero-order valence-corrected chi connectivity index (χ0v) is 11.6. The average molecular weight is 238 g/mol. The van der Waals surface area contributed by atoms with Crippen LogP contribution in [0.4, 0.5) is 0 Å². The molecule has 98 valence electrons. The first-order chi connectivity index (χ1) is 7.92. The van der Waals surface area contributed by atoms with Crippen molar-refractivity contribution < 1.29 is 9.84 Å². The summed E-state index contributed by atoms with van der Waals surface area (Å²) in [6.07, 6.45) is 8.55. The van der Waals surface area contributed by atoms with Crippen molar-refractivity contribution in [2.24, 2.45) is 0 Å². The first-order valence-corrected chi connectivity index (χ1v) is 6.55. The molecule has 2 atom stereocenters. The van der Waals surface area contributed by atoms with Gasteiger partial charge in [0, 0.05) is 0 Å². The zero-order valence-electron chi connectivity index (χ0n) is 11.6. The Hall–Kier alpha value is -0.600. The number of epoxide rings is 1. The number of allylic oxidation sites excluding steroid dienone is 4. The summed E-state index contributed by atoms with van der Waals surface area (Å²) in [5.41, 5.74) is 2.15. The van der Waals surface area contributed by atoms with E-state index in [-0.39, 0.29) is 6.10 Å². The van der Waals surface area contributed by atoms with Gasteiger partial charge in [-0.25, -0.2) is 0 Å². The lowest BCUT2D eigenvalue weighted by Crippen LogP contribution is -2.30. The van der Waals surface area contributed by atoms with Gasteiger partial charge in [-0.2, -0.15) is 0 Å². The van der Waals surface area contributed by atoms with Gasteiger partial charge in [0.2, 0.25) is 0 Å². The average Bonchev–Trinajstić information content (AvgIpc) is 2.99. The van der Waals surface area contributed by atoms with Crippen LogP contribution in [0.1, 0.15) is 53.4 Å². The molecule has 0 aromatic heterocycles. The molecule has 1 heterocycles.